The molecule has 2 N–H and O–H groups in total. The second-order valence-corrected chi connectivity index (χ2v) is 6.39. The van der Waals surface area contributed by atoms with Crippen LogP contribution in [0.4, 0.5) is 11.4 Å². The summed E-state index contributed by atoms with van der Waals surface area (Å²) in [5.74, 6) is 0.620. The van der Waals surface area contributed by atoms with E-state index >= 15 is 0 Å². The summed E-state index contributed by atoms with van der Waals surface area (Å²) >= 11 is 5.97. The van der Waals surface area contributed by atoms with Crippen LogP contribution >= 0.6 is 11.6 Å². The molecule has 0 aliphatic carbocycles. The summed E-state index contributed by atoms with van der Waals surface area (Å²) in [6, 6.07) is 16.9. The van der Waals surface area contributed by atoms with Crippen molar-refractivity contribution in [2.45, 2.75) is 6.42 Å². The number of hydrogen-bond donors (Lipinski definition) is 2. The van der Waals surface area contributed by atoms with Gasteiger partial charge in [-0.25, -0.2) is 0 Å². The van der Waals surface area contributed by atoms with Gasteiger partial charge in [0.2, 0.25) is 0 Å². The van der Waals surface area contributed by atoms with E-state index < -0.39 is 0 Å². The number of carbonyl (C=O) groups excluding carboxylic acids is 1. The van der Waals surface area contributed by atoms with Crippen molar-refractivity contribution in [2.24, 2.45) is 0 Å². The number of nitrogens with one attached hydrogen (secondary N) is 2. The smallest absolute Gasteiger partial charge is 0.252 e. The van der Waals surface area contributed by atoms with Crippen LogP contribution in [0.1, 0.15) is 15.9 Å². The zero-order valence-electron chi connectivity index (χ0n) is 14.9. The minimum Gasteiger partial charge on any atom is -0.497 e. The van der Waals surface area contributed by atoms with Gasteiger partial charge >= 0.3 is 0 Å². The van der Waals surface area contributed by atoms with Crippen molar-refractivity contribution in [3.8, 4) is 5.75 Å². The van der Waals surface area contributed by atoms with Crippen molar-refractivity contribution in [1.29, 1.82) is 0 Å². The molecule has 5 nitrogen and oxygen atoms in total. The molecule has 27 heavy (non-hydrogen) atoms. The zero-order chi connectivity index (χ0) is 19.1. The first-order valence-corrected chi connectivity index (χ1v) is 8.90. The Balaban J connectivity index is 1.57. The van der Waals surface area contributed by atoms with Crippen LogP contribution in [0.3, 0.4) is 0 Å². The number of nitrogens with zero attached hydrogens (tertiary/aromatic N) is 1. The standard InChI is InChI=1S/C21H20ClN3O2/c1-27-20-7-5-18(6-8-20)25-19-12-16(13-23-14-19)21(26)24-10-9-15-3-2-4-17(22)11-15/h2-8,11-14,25H,9-10H2,1H3,(H,24,26). The molecular weight excluding hydrogens is 362 g/mol. The molecule has 0 spiro atoms. The summed E-state index contributed by atoms with van der Waals surface area (Å²) in [5.41, 5.74) is 3.20. The number of anilines is 2. The maximum absolute atomic E-state index is 12.4. The van der Waals surface area contributed by atoms with Crippen molar-refractivity contribution in [3.63, 3.8) is 0 Å². The van der Waals surface area contributed by atoms with Gasteiger partial charge in [0, 0.05) is 23.5 Å². The number of methoxy groups -OCH3 is 1. The van der Waals surface area contributed by atoms with Gasteiger partial charge in [0.1, 0.15) is 5.75 Å². The Hall–Kier alpha value is -3.05. The third-order valence-corrected chi connectivity index (χ3v) is 4.20. The van der Waals surface area contributed by atoms with Crippen LogP contribution < -0.4 is 15.4 Å². The third kappa shape index (κ3) is 5.46. The van der Waals surface area contributed by atoms with Crippen LogP contribution in [0.15, 0.2) is 67.0 Å². The molecule has 0 saturated heterocycles. The second-order valence-electron chi connectivity index (χ2n) is 5.95. The molecule has 0 bridgehead atoms. The maximum atomic E-state index is 12.4. The van der Waals surface area contributed by atoms with E-state index in [0.717, 1.165) is 22.7 Å². The highest BCUT2D eigenvalue weighted by Gasteiger charge is 2.07. The monoisotopic (exact) mass is 381 g/mol. The molecule has 6 heteroatoms. The fourth-order valence-corrected chi connectivity index (χ4v) is 2.80. The Morgan fingerprint density at radius 3 is 2.63 bits per heavy atom. The van der Waals surface area contributed by atoms with Gasteiger partial charge in [-0.2, -0.15) is 0 Å². The third-order valence-electron chi connectivity index (χ3n) is 3.97. The van der Waals surface area contributed by atoms with Gasteiger partial charge in [0.15, 0.2) is 0 Å². The number of benzene rings is 2. The highest BCUT2D eigenvalue weighted by Crippen LogP contribution is 2.20. The Labute approximate surface area is 163 Å². The molecule has 0 atom stereocenters. The lowest BCUT2D eigenvalue weighted by atomic mass is 10.1. The fraction of sp³-hybridized carbons (Fsp3) is 0.143. The average molecular weight is 382 g/mol. The normalized spacial score (nSPS) is 10.3. The lowest BCUT2D eigenvalue weighted by molar-refractivity contribution is 0.0954. The van der Waals surface area contributed by atoms with E-state index in [2.05, 4.69) is 15.6 Å². The zero-order valence-corrected chi connectivity index (χ0v) is 15.7. The highest BCUT2D eigenvalue weighted by atomic mass is 35.5. The van der Waals surface area contributed by atoms with Crippen LogP contribution in [-0.2, 0) is 6.42 Å². The van der Waals surface area contributed by atoms with Gasteiger partial charge in [-0.3, -0.25) is 9.78 Å². The molecule has 3 aromatic rings. The molecule has 1 heterocycles. The van der Waals surface area contributed by atoms with Gasteiger partial charge in [-0.1, -0.05) is 23.7 Å². The van der Waals surface area contributed by atoms with Gasteiger partial charge in [0.25, 0.3) is 5.91 Å². The molecule has 0 aliphatic heterocycles. The van der Waals surface area contributed by atoms with E-state index in [-0.39, 0.29) is 5.91 Å². The Bertz CT molecular complexity index is 913. The molecular formula is C21H20ClN3O2. The number of hydrogen-bond acceptors (Lipinski definition) is 4. The summed E-state index contributed by atoms with van der Waals surface area (Å²) < 4.78 is 5.15. The summed E-state index contributed by atoms with van der Waals surface area (Å²) in [6.45, 7) is 0.523. The molecule has 0 saturated carbocycles. The molecule has 1 amide bonds. The molecule has 2 aromatic carbocycles. The molecule has 0 aliphatic rings. The van der Waals surface area contributed by atoms with Crippen LogP contribution in [0, 0.1) is 0 Å². The van der Waals surface area contributed by atoms with Crippen LogP contribution in [0.2, 0.25) is 5.02 Å². The highest BCUT2D eigenvalue weighted by molar-refractivity contribution is 6.30. The summed E-state index contributed by atoms with van der Waals surface area (Å²) in [6.07, 6.45) is 3.93. The van der Waals surface area contributed by atoms with Gasteiger partial charge in [0.05, 0.1) is 24.6 Å². The number of aromatic nitrogens is 1. The molecule has 0 unspecified atom stereocenters. The Morgan fingerprint density at radius 2 is 1.89 bits per heavy atom. The predicted octanol–water partition coefficient (Wildman–Crippen LogP) is 4.46. The lowest BCUT2D eigenvalue weighted by Gasteiger charge is -2.09. The van der Waals surface area contributed by atoms with Crippen molar-refractivity contribution in [3.05, 3.63) is 83.1 Å². The van der Waals surface area contributed by atoms with E-state index in [1.165, 1.54) is 0 Å². The molecule has 0 fully saturated rings. The van der Waals surface area contributed by atoms with Crippen molar-refractivity contribution >= 4 is 28.9 Å². The van der Waals surface area contributed by atoms with E-state index in [0.29, 0.717) is 23.6 Å². The van der Waals surface area contributed by atoms with Crippen molar-refractivity contribution in [2.75, 3.05) is 19.0 Å². The van der Waals surface area contributed by atoms with E-state index in [9.17, 15) is 4.79 Å². The predicted molar refractivity (Wildman–Crippen MR) is 108 cm³/mol. The maximum Gasteiger partial charge on any atom is 0.252 e. The number of halogens is 1. The molecule has 3 rings (SSSR count). The summed E-state index contributed by atoms with van der Waals surface area (Å²) in [4.78, 5) is 16.5. The van der Waals surface area contributed by atoms with Crippen LogP contribution in [-0.4, -0.2) is 24.5 Å². The van der Waals surface area contributed by atoms with Gasteiger partial charge < -0.3 is 15.4 Å². The minimum atomic E-state index is -0.164. The first-order chi connectivity index (χ1) is 13.1. The van der Waals surface area contributed by atoms with Crippen molar-refractivity contribution < 1.29 is 9.53 Å². The first-order valence-electron chi connectivity index (χ1n) is 8.53. The quantitative estimate of drug-likeness (QED) is 0.634. The number of amides is 1. The summed E-state index contributed by atoms with van der Waals surface area (Å²) in [7, 11) is 1.63. The first kappa shape index (κ1) is 18.7. The Morgan fingerprint density at radius 1 is 1.07 bits per heavy atom. The fourth-order valence-electron chi connectivity index (χ4n) is 2.59. The number of carbonyl (C=O) groups is 1. The van der Waals surface area contributed by atoms with Crippen LogP contribution in [0.25, 0.3) is 0 Å². The molecule has 138 valence electrons. The second kappa shape index (κ2) is 9.05. The average Bonchev–Trinajstić information content (AvgIpc) is 2.69. The van der Waals surface area contributed by atoms with E-state index in [1.54, 1.807) is 25.6 Å². The van der Waals surface area contributed by atoms with Crippen molar-refractivity contribution in [1.82, 2.24) is 10.3 Å². The number of ether oxygens (including phenoxy) is 1. The Kier molecular flexibility index (Phi) is 6.28. The SMILES string of the molecule is COc1ccc(Nc2cncc(C(=O)NCCc3cccc(Cl)c3)c2)cc1. The summed E-state index contributed by atoms with van der Waals surface area (Å²) in [5, 5.41) is 6.83. The molecule has 0 radical (unpaired) electrons. The van der Waals surface area contributed by atoms with E-state index in [1.807, 2.05) is 48.5 Å². The number of pyridine rings is 1. The number of rotatable bonds is 7. The molecule has 1 aromatic heterocycles. The van der Waals surface area contributed by atoms with Gasteiger partial charge in [-0.05, 0) is 54.4 Å². The lowest BCUT2D eigenvalue weighted by Crippen LogP contribution is -2.25. The van der Waals surface area contributed by atoms with Crippen LogP contribution in [0.5, 0.6) is 5.75 Å². The topological polar surface area (TPSA) is 63.2 Å². The van der Waals surface area contributed by atoms with E-state index in [4.69, 9.17) is 16.3 Å². The van der Waals surface area contributed by atoms with Gasteiger partial charge in [-0.15, -0.1) is 0 Å². The largest absolute Gasteiger partial charge is 0.497 e. The minimum absolute atomic E-state index is 0.164.